The van der Waals surface area contributed by atoms with Crippen LogP contribution in [0.25, 0.3) is 0 Å². The van der Waals surface area contributed by atoms with E-state index in [2.05, 4.69) is 9.97 Å². The van der Waals surface area contributed by atoms with Crippen LogP contribution in [0.3, 0.4) is 0 Å². The van der Waals surface area contributed by atoms with E-state index in [0.717, 1.165) is 0 Å². The Morgan fingerprint density at radius 3 is 2.38 bits per heavy atom. The maximum absolute atomic E-state index is 11.4. The van der Waals surface area contributed by atoms with E-state index in [1.165, 1.54) is 12.4 Å². The van der Waals surface area contributed by atoms with Gasteiger partial charge in [-0.3, -0.25) is 0 Å². The van der Waals surface area contributed by atoms with Crippen LogP contribution >= 0.6 is 0 Å². The van der Waals surface area contributed by atoms with Crippen molar-refractivity contribution in [3.8, 4) is 0 Å². The maximum Gasteiger partial charge on any atom is 0.219 e. The van der Waals surface area contributed by atoms with Crippen molar-refractivity contribution in [2.24, 2.45) is 0 Å². The summed E-state index contributed by atoms with van der Waals surface area (Å²) in [6, 6.07) is 0. The average molecular weight is 201 g/mol. The SMILES string of the molecule is CCCS(=O)(=O)c1cnc(N)nc1. The Bertz CT molecular complexity index is 371. The van der Waals surface area contributed by atoms with Crippen LogP contribution in [0.5, 0.6) is 0 Å². The summed E-state index contributed by atoms with van der Waals surface area (Å²) in [6.45, 7) is 1.80. The summed E-state index contributed by atoms with van der Waals surface area (Å²) in [5.41, 5.74) is 5.23. The van der Waals surface area contributed by atoms with Gasteiger partial charge in [-0.25, -0.2) is 18.4 Å². The molecule has 0 spiro atoms. The second kappa shape index (κ2) is 3.69. The minimum absolute atomic E-state index is 0.0791. The molecule has 0 amide bonds. The number of nitrogen functional groups attached to an aromatic ring is 1. The normalized spacial score (nSPS) is 11.5. The van der Waals surface area contributed by atoms with Crippen LogP contribution in [-0.4, -0.2) is 24.1 Å². The number of rotatable bonds is 3. The molecule has 0 bridgehead atoms. The highest BCUT2D eigenvalue weighted by Crippen LogP contribution is 2.09. The molecule has 0 fully saturated rings. The van der Waals surface area contributed by atoms with E-state index in [0.29, 0.717) is 6.42 Å². The fraction of sp³-hybridized carbons (Fsp3) is 0.429. The van der Waals surface area contributed by atoms with E-state index in [9.17, 15) is 8.42 Å². The highest BCUT2D eigenvalue weighted by Gasteiger charge is 2.13. The molecule has 0 unspecified atom stereocenters. The summed E-state index contributed by atoms with van der Waals surface area (Å²) < 4.78 is 22.8. The topological polar surface area (TPSA) is 85.9 Å². The molecule has 1 aromatic heterocycles. The lowest BCUT2D eigenvalue weighted by Gasteiger charge is -2.00. The van der Waals surface area contributed by atoms with Crippen molar-refractivity contribution in [2.45, 2.75) is 18.2 Å². The monoisotopic (exact) mass is 201 g/mol. The lowest BCUT2D eigenvalue weighted by molar-refractivity contribution is 0.594. The van der Waals surface area contributed by atoms with Gasteiger partial charge in [-0.15, -0.1) is 0 Å². The molecular weight excluding hydrogens is 190 g/mol. The molecule has 1 rings (SSSR count). The Balaban J connectivity index is 3.02. The fourth-order valence-corrected chi connectivity index (χ4v) is 2.07. The van der Waals surface area contributed by atoms with E-state index >= 15 is 0 Å². The molecule has 72 valence electrons. The summed E-state index contributed by atoms with van der Waals surface area (Å²) in [6.07, 6.45) is 3.04. The number of anilines is 1. The van der Waals surface area contributed by atoms with Crippen LogP contribution in [0.15, 0.2) is 17.3 Å². The second-order valence-electron chi connectivity index (χ2n) is 2.60. The predicted molar refractivity (Wildman–Crippen MR) is 48.8 cm³/mol. The molecule has 5 nitrogen and oxygen atoms in total. The smallest absolute Gasteiger partial charge is 0.219 e. The van der Waals surface area contributed by atoms with Gasteiger partial charge in [0.2, 0.25) is 5.95 Å². The molecule has 0 atom stereocenters. The minimum atomic E-state index is -3.21. The van der Waals surface area contributed by atoms with Crippen LogP contribution in [0.2, 0.25) is 0 Å². The van der Waals surface area contributed by atoms with E-state index in [-0.39, 0.29) is 16.6 Å². The molecule has 6 heteroatoms. The Hall–Kier alpha value is -1.17. The quantitative estimate of drug-likeness (QED) is 0.757. The first kappa shape index (κ1) is 9.91. The largest absolute Gasteiger partial charge is 0.368 e. The third kappa shape index (κ3) is 2.38. The molecule has 2 N–H and O–H groups in total. The van der Waals surface area contributed by atoms with Crippen molar-refractivity contribution < 1.29 is 8.42 Å². The Morgan fingerprint density at radius 2 is 1.92 bits per heavy atom. The molecule has 13 heavy (non-hydrogen) atoms. The van der Waals surface area contributed by atoms with Crippen molar-refractivity contribution >= 4 is 15.8 Å². The van der Waals surface area contributed by atoms with Gasteiger partial charge < -0.3 is 5.73 Å². The Labute approximate surface area is 76.9 Å². The fourth-order valence-electron chi connectivity index (χ4n) is 0.873. The van der Waals surface area contributed by atoms with E-state index in [1.54, 1.807) is 6.92 Å². The molecule has 0 aliphatic rings. The van der Waals surface area contributed by atoms with Gasteiger partial charge in [0.05, 0.1) is 18.1 Å². The molecule has 0 radical (unpaired) electrons. The highest BCUT2D eigenvalue weighted by atomic mass is 32.2. The summed E-state index contributed by atoms with van der Waals surface area (Å²) in [7, 11) is -3.21. The predicted octanol–water partition coefficient (Wildman–Crippen LogP) is 0.242. The molecule has 0 aromatic carbocycles. The van der Waals surface area contributed by atoms with Crippen LogP contribution in [0, 0.1) is 0 Å². The van der Waals surface area contributed by atoms with Gasteiger partial charge >= 0.3 is 0 Å². The summed E-state index contributed by atoms with van der Waals surface area (Å²) in [5.74, 6) is 0.191. The van der Waals surface area contributed by atoms with Crippen molar-refractivity contribution in [2.75, 3.05) is 11.5 Å². The minimum Gasteiger partial charge on any atom is -0.368 e. The van der Waals surface area contributed by atoms with Gasteiger partial charge in [0.25, 0.3) is 0 Å². The van der Waals surface area contributed by atoms with Gasteiger partial charge in [0.15, 0.2) is 9.84 Å². The molecule has 0 aliphatic heterocycles. The van der Waals surface area contributed by atoms with Gasteiger partial charge in [-0.2, -0.15) is 0 Å². The first-order valence-corrected chi connectivity index (χ1v) is 5.52. The van der Waals surface area contributed by atoms with Gasteiger partial charge in [-0.05, 0) is 6.42 Å². The second-order valence-corrected chi connectivity index (χ2v) is 4.70. The molecule has 1 heterocycles. The number of aromatic nitrogens is 2. The molecule has 1 aromatic rings. The number of nitrogens with two attached hydrogens (primary N) is 1. The van der Waals surface area contributed by atoms with Crippen LogP contribution in [0.4, 0.5) is 5.95 Å². The lowest BCUT2D eigenvalue weighted by atomic mass is 10.6. The van der Waals surface area contributed by atoms with Crippen LogP contribution in [0.1, 0.15) is 13.3 Å². The summed E-state index contributed by atoms with van der Waals surface area (Å²) in [4.78, 5) is 7.36. The van der Waals surface area contributed by atoms with Crippen LogP contribution in [-0.2, 0) is 9.84 Å². The van der Waals surface area contributed by atoms with Gasteiger partial charge in [-0.1, -0.05) is 6.92 Å². The number of hydrogen-bond donors (Lipinski definition) is 1. The zero-order valence-corrected chi connectivity index (χ0v) is 8.08. The van der Waals surface area contributed by atoms with Crippen molar-refractivity contribution in [1.82, 2.24) is 9.97 Å². The molecule has 0 saturated carbocycles. The summed E-state index contributed by atoms with van der Waals surface area (Å²) in [5, 5.41) is 0. The first-order chi connectivity index (χ1) is 6.06. The lowest BCUT2D eigenvalue weighted by Crippen LogP contribution is -2.07. The Morgan fingerprint density at radius 1 is 1.38 bits per heavy atom. The van der Waals surface area contributed by atoms with Gasteiger partial charge in [0.1, 0.15) is 4.90 Å². The summed E-state index contributed by atoms with van der Waals surface area (Å²) >= 11 is 0. The maximum atomic E-state index is 11.4. The number of hydrogen-bond acceptors (Lipinski definition) is 5. The Kier molecular flexibility index (Phi) is 2.82. The standard InChI is InChI=1S/C7H11N3O2S/c1-2-3-13(11,12)6-4-9-7(8)10-5-6/h4-5H,2-3H2,1H3,(H2,8,9,10). The molecular formula is C7H11N3O2S. The van der Waals surface area contributed by atoms with E-state index in [4.69, 9.17) is 5.73 Å². The van der Waals surface area contributed by atoms with Gasteiger partial charge in [0, 0.05) is 0 Å². The zero-order chi connectivity index (χ0) is 9.90. The van der Waals surface area contributed by atoms with E-state index in [1.807, 2.05) is 0 Å². The van der Waals surface area contributed by atoms with Crippen molar-refractivity contribution in [3.63, 3.8) is 0 Å². The average Bonchev–Trinajstić information content (AvgIpc) is 2.05. The highest BCUT2D eigenvalue weighted by molar-refractivity contribution is 7.91. The van der Waals surface area contributed by atoms with Crippen molar-refractivity contribution in [1.29, 1.82) is 0 Å². The zero-order valence-electron chi connectivity index (χ0n) is 7.27. The van der Waals surface area contributed by atoms with Crippen LogP contribution < -0.4 is 5.73 Å². The van der Waals surface area contributed by atoms with Crippen molar-refractivity contribution in [3.05, 3.63) is 12.4 Å². The third-order valence-electron chi connectivity index (χ3n) is 1.48. The number of nitrogens with zero attached hydrogens (tertiary/aromatic N) is 2. The first-order valence-electron chi connectivity index (χ1n) is 3.86. The molecule has 0 aliphatic carbocycles. The third-order valence-corrected chi connectivity index (χ3v) is 3.35. The number of sulfone groups is 1. The van der Waals surface area contributed by atoms with E-state index < -0.39 is 9.84 Å². The molecule has 0 saturated heterocycles.